The van der Waals surface area contributed by atoms with Crippen LogP contribution in [0.5, 0.6) is 0 Å². The van der Waals surface area contributed by atoms with Crippen LogP contribution in [-0.2, 0) is 5.41 Å². The number of hydrogen-bond donors (Lipinski definition) is 2. The zero-order valence-corrected chi connectivity index (χ0v) is 12.4. The van der Waals surface area contributed by atoms with Crippen molar-refractivity contribution in [2.24, 2.45) is 0 Å². The number of carbonyl (C=O) groups excluding carboxylic acids is 1. The summed E-state index contributed by atoms with van der Waals surface area (Å²) in [6, 6.07) is 15.1. The smallest absolute Gasteiger partial charge is 0.255 e. The normalized spacial score (nSPS) is 14.9. The first-order valence-corrected chi connectivity index (χ1v) is 7.23. The van der Waals surface area contributed by atoms with Gasteiger partial charge in [-0.05, 0) is 55.2 Å². The Balaban J connectivity index is 1.82. The Labute approximate surface area is 129 Å². The van der Waals surface area contributed by atoms with Crippen molar-refractivity contribution in [2.75, 3.05) is 11.1 Å². The average molecular weight is 291 g/mol. The van der Waals surface area contributed by atoms with Crippen LogP contribution in [-0.4, -0.2) is 5.91 Å². The minimum atomic E-state index is -0.384. The van der Waals surface area contributed by atoms with Crippen LogP contribution < -0.4 is 11.1 Å². The number of amides is 1. The number of anilines is 2. The topological polar surface area (TPSA) is 78.9 Å². The van der Waals surface area contributed by atoms with Gasteiger partial charge in [0.1, 0.15) is 0 Å². The summed E-state index contributed by atoms with van der Waals surface area (Å²) in [5.74, 6) is -0.196. The molecular weight excluding hydrogens is 274 g/mol. The second kappa shape index (κ2) is 5.19. The molecule has 1 saturated carbocycles. The molecule has 0 radical (unpaired) electrons. The summed E-state index contributed by atoms with van der Waals surface area (Å²) in [4.78, 5) is 12.4. The SMILES string of the molecule is Cc1ccc(NC(=O)c2cccc(C3(C#N)CC3)c2)cc1N. The monoisotopic (exact) mass is 291 g/mol. The van der Waals surface area contributed by atoms with Crippen molar-refractivity contribution in [3.05, 3.63) is 59.2 Å². The Morgan fingerprint density at radius 3 is 2.68 bits per heavy atom. The first kappa shape index (κ1) is 14.2. The number of rotatable bonds is 3. The summed E-state index contributed by atoms with van der Waals surface area (Å²) in [5, 5.41) is 12.1. The van der Waals surface area contributed by atoms with Crippen LogP contribution in [0.4, 0.5) is 11.4 Å². The zero-order chi connectivity index (χ0) is 15.7. The van der Waals surface area contributed by atoms with E-state index in [2.05, 4.69) is 11.4 Å². The molecule has 1 amide bonds. The van der Waals surface area contributed by atoms with E-state index >= 15 is 0 Å². The highest BCUT2D eigenvalue weighted by atomic mass is 16.1. The van der Waals surface area contributed by atoms with E-state index in [1.807, 2.05) is 37.3 Å². The number of nitrogens with one attached hydrogen (secondary N) is 1. The quantitative estimate of drug-likeness (QED) is 0.851. The lowest BCUT2D eigenvalue weighted by Crippen LogP contribution is -2.13. The Hall–Kier alpha value is -2.80. The molecule has 3 rings (SSSR count). The predicted molar refractivity (Wildman–Crippen MR) is 86.5 cm³/mol. The molecule has 2 aromatic rings. The van der Waals surface area contributed by atoms with Crippen LogP contribution in [0, 0.1) is 18.3 Å². The second-order valence-corrected chi connectivity index (χ2v) is 5.80. The van der Waals surface area contributed by atoms with Gasteiger partial charge in [-0.3, -0.25) is 4.79 Å². The Kier molecular flexibility index (Phi) is 3.34. The molecule has 0 saturated heterocycles. The van der Waals surface area contributed by atoms with Crippen LogP contribution in [0.2, 0.25) is 0 Å². The number of carbonyl (C=O) groups is 1. The summed E-state index contributed by atoms with van der Waals surface area (Å²) in [5.41, 5.74) is 9.24. The van der Waals surface area contributed by atoms with E-state index in [0.29, 0.717) is 16.9 Å². The molecule has 1 aliphatic rings. The summed E-state index contributed by atoms with van der Waals surface area (Å²) < 4.78 is 0. The molecule has 4 nitrogen and oxygen atoms in total. The van der Waals surface area contributed by atoms with E-state index in [4.69, 9.17) is 5.73 Å². The molecule has 0 aliphatic heterocycles. The molecule has 0 spiro atoms. The molecule has 1 aliphatic carbocycles. The molecule has 2 aromatic carbocycles. The predicted octanol–water partition coefficient (Wildman–Crippen LogP) is 3.38. The highest BCUT2D eigenvalue weighted by Crippen LogP contribution is 2.47. The average Bonchev–Trinajstić information content (AvgIpc) is 3.32. The number of nitrogens with two attached hydrogens (primary N) is 1. The van der Waals surface area contributed by atoms with E-state index < -0.39 is 0 Å². The van der Waals surface area contributed by atoms with Crippen molar-refractivity contribution in [1.29, 1.82) is 5.26 Å². The van der Waals surface area contributed by atoms with Crippen molar-refractivity contribution in [2.45, 2.75) is 25.2 Å². The zero-order valence-electron chi connectivity index (χ0n) is 12.4. The molecule has 110 valence electrons. The Morgan fingerprint density at radius 2 is 2.05 bits per heavy atom. The number of nitrogens with zero attached hydrogens (tertiary/aromatic N) is 1. The third-order valence-electron chi connectivity index (χ3n) is 4.18. The van der Waals surface area contributed by atoms with E-state index in [1.165, 1.54) is 0 Å². The number of nitriles is 1. The maximum Gasteiger partial charge on any atom is 0.255 e. The lowest BCUT2D eigenvalue weighted by molar-refractivity contribution is 0.102. The fourth-order valence-corrected chi connectivity index (χ4v) is 2.47. The molecule has 0 unspecified atom stereocenters. The van der Waals surface area contributed by atoms with Gasteiger partial charge in [-0.25, -0.2) is 0 Å². The van der Waals surface area contributed by atoms with Crippen molar-refractivity contribution in [3.8, 4) is 6.07 Å². The van der Waals surface area contributed by atoms with Crippen LogP contribution in [0.3, 0.4) is 0 Å². The fourth-order valence-electron chi connectivity index (χ4n) is 2.47. The summed E-state index contributed by atoms with van der Waals surface area (Å²) in [7, 11) is 0. The van der Waals surface area contributed by atoms with Crippen molar-refractivity contribution in [1.82, 2.24) is 0 Å². The van der Waals surface area contributed by atoms with Crippen LogP contribution >= 0.6 is 0 Å². The standard InChI is InChI=1S/C18H17N3O/c1-12-5-6-15(10-16(12)20)21-17(22)13-3-2-4-14(9-13)18(11-19)7-8-18/h2-6,9-10H,7-8,20H2,1H3,(H,21,22). The van der Waals surface area contributed by atoms with Gasteiger partial charge in [0.15, 0.2) is 0 Å². The van der Waals surface area contributed by atoms with Gasteiger partial charge in [-0.15, -0.1) is 0 Å². The third kappa shape index (κ3) is 2.53. The van der Waals surface area contributed by atoms with Gasteiger partial charge in [-0.2, -0.15) is 5.26 Å². The lowest BCUT2D eigenvalue weighted by atomic mass is 9.96. The summed E-state index contributed by atoms with van der Waals surface area (Å²) >= 11 is 0. The lowest BCUT2D eigenvalue weighted by Gasteiger charge is -2.10. The highest BCUT2D eigenvalue weighted by Gasteiger charge is 2.44. The molecular formula is C18H17N3O. The molecule has 0 heterocycles. The molecule has 22 heavy (non-hydrogen) atoms. The van der Waals surface area contributed by atoms with E-state index in [-0.39, 0.29) is 11.3 Å². The van der Waals surface area contributed by atoms with Crippen LogP contribution in [0.1, 0.15) is 34.3 Å². The third-order valence-corrected chi connectivity index (χ3v) is 4.18. The van der Waals surface area contributed by atoms with Crippen molar-refractivity contribution < 1.29 is 4.79 Å². The maximum absolute atomic E-state index is 12.4. The first-order valence-electron chi connectivity index (χ1n) is 7.23. The van der Waals surface area contributed by atoms with Gasteiger partial charge in [-0.1, -0.05) is 18.2 Å². The van der Waals surface area contributed by atoms with E-state index in [1.54, 1.807) is 12.1 Å². The number of aryl methyl sites for hydroxylation is 1. The van der Waals surface area contributed by atoms with Gasteiger partial charge in [0, 0.05) is 16.9 Å². The second-order valence-electron chi connectivity index (χ2n) is 5.80. The molecule has 0 aromatic heterocycles. The van der Waals surface area contributed by atoms with Gasteiger partial charge in [0.05, 0.1) is 11.5 Å². The molecule has 0 atom stereocenters. The molecule has 1 fully saturated rings. The number of nitrogen functional groups attached to an aromatic ring is 1. The summed E-state index contributed by atoms with van der Waals surface area (Å²) in [6.45, 7) is 1.92. The van der Waals surface area contributed by atoms with Gasteiger partial charge < -0.3 is 11.1 Å². The molecule has 3 N–H and O–H groups in total. The maximum atomic E-state index is 12.4. The fraction of sp³-hybridized carbons (Fsp3) is 0.222. The number of hydrogen-bond acceptors (Lipinski definition) is 3. The molecule has 0 bridgehead atoms. The van der Waals surface area contributed by atoms with E-state index in [0.717, 1.165) is 24.0 Å². The van der Waals surface area contributed by atoms with Crippen LogP contribution in [0.15, 0.2) is 42.5 Å². The van der Waals surface area contributed by atoms with E-state index in [9.17, 15) is 10.1 Å². The van der Waals surface area contributed by atoms with Crippen molar-refractivity contribution >= 4 is 17.3 Å². The minimum Gasteiger partial charge on any atom is -0.398 e. The van der Waals surface area contributed by atoms with Crippen molar-refractivity contribution in [3.63, 3.8) is 0 Å². The van der Waals surface area contributed by atoms with Gasteiger partial charge in [0.25, 0.3) is 5.91 Å². The Morgan fingerprint density at radius 1 is 1.27 bits per heavy atom. The minimum absolute atomic E-state index is 0.196. The van der Waals surface area contributed by atoms with Crippen LogP contribution in [0.25, 0.3) is 0 Å². The Bertz CT molecular complexity index is 785. The van der Waals surface area contributed by atoms with Gasteiger partial charge in [0.2, 0.25) is 0 Å². The number of benzene rings is 2. The first-order chi connectivity index (χ1) is 10.5. The summed E-state index contributed by atoms with van der Waals surface area (Å²) in [6.07, 6.45) is 1.73. The molecule has 4 heteroatoms. The highest BCUT2D eigenvalue weighted by molar-refractivity contribution is 6.04. The van der Waals surface area contributed by atoms with Gasteiger partial charge >= 0.3 is 0 Å². The largest absolute Gasteiger partial charge is 0.398 e.